The second-order valence-corrected chi connectivity index (χ2v) is 5.72. The second kappa shape index (κ2) is 6.32. The highest BCUT2D eigenvalue weighted by Crippen LogP contribution is 2.28. The summed E-state index contributed by atoms with van der Waals surface area (Å²) in [7, 11) is 0. The number of amides is 1. The number of rotatable bonds is 4. The quantitative estimate of drug-likeness (QED) is 0.871. The molecule has 1 N–H and O–H groups in total. The SMILES string of the molecule is O=C(CCC1CCCC1)Nc1ccc(Br)c(F)c1. The second-order valence-electron chi connectivity index (χ2n) is 4.87. The van der Waals surface area contributed by atoms with E-state index in [9.17, 15) is 9.18 Å². The average molecular weight is 314 g/mol. The molecule has 2 nitrogen and oxygen atoms in total. The van der Waals surface area contributed by atoms with E-state index < -0.39 is 0 Å². The molecule has 4 heteroatoms. The Hall–Kier alpha value is -0.900. The smallest absolute Gasteiger partial charge is 0.224 e. The molecule has 0 aliphatic heterocycles. The Balaban J connectivity index is 1.80. The van der Waals surface area contributed by atoms with E-state index in [0.717, 1.165) is 6.42 Å². The van der Waals surface area contributed by atoms with Gasteiger partial charge in [0.15, 0.2) is 0 Å². The Morgan fingerprint density at radius 1 is 1.39 bits per heavy atom. The van der Waals surface area contributed by atoms with Crippen molar-refractivity contribution in [1.29, 1.82) is 0 Å². The van der Waals surface area contributed by atoms with Crippen LogP contribution in [0.15, 0.2) is 22.7 Å². The molecule has 2 rings (SSSR count). The van der Waals surface area contributed by atoms with Gasteiger partial charge in [-0.3, -0.25) is 4.79 Å². The lowest BCUT2D eigenvalue weighted by Crippen LogP contribution is -2.12. The summed E-state index contributed by atoms with van der Waals surface area (Å²) in [4.78, 5) is 11.7. The van der Waals surface area contributed by atoms with Crippen LogP contribution in [-0.4, -0.2) is 5.91 Å². The van der Waals surface area contributed by atoms with Gasteiger partial charge in [0.05, 0.1) is 4.47 Å². The van der Waals surface area contributed by atoms with E-state index in [1.54, 1.807) is 12.1 Å². The van der Waals surface area contributed by atoms with Crippen LogP contribution in [0.1, 0.15) is 38.5 Å². The zero-order chi connectivity index (χ0) is 13.0. The van der Waals surface area contributed by atoms with Gasteiger partial charge in [-0.05, 0) is 46.5 Å². The molecular formula is C14H17BrFNO. The van der Waals surface area contributed by atoms with Gasteiger partial charge in [0.2, 0.25) is 5.91 Å². The van der Waals surface area contributed by atoms with Crippen molar-refractivity contribution in [2.75, 3.05) is 5.32 Å². The van der Waals surface area contributed by atoms with Crippen molar-refractivity contribution in [1.82, 2.24) is 0 Å². The van der Waals surface area contributed by atoms with Crippen LogP contribution in [0.25, 0.3) is 0 Å². The Bertz CT molecular complexity index is 430. The molecule has 1 aliphatic rings. The molecule has 18 heavy (non-hydrogen) atoms. The lowest BCUT2D eigenvalue weighted by molar-refractivity contribution is -0.116. The summed E-state index contributed by atoms with van der Waals surface area (Å²) in [5.74, 6) is 0.324. The summed E-state index contributed by atoms with van der Waals surface area (Å²) in [6, 6.07) is 4.63. The van der Waals surface area contributed by atoms with Crippen molar-refractivity contribution in [3.63, 3.8) is 0 Å². The molecule has 0 atom stereocenters. The number of carbonyl (C=O) groups is 1. The van der Waals surface area contributed by atoms with Crippen molar-refractivity contribution >= 4 is 27.5 Å². The van der Waals surface area contributed by atoms with Crippen LogP contribution in [0.5, 0.6) is 0 Å². The van der Waals surface area contributed by atoms with E-state index in [4.69, 9.17) is 0 Å². The summed E-state index contributed by atoms with van der Waals surface area (Å²) < 4.78 is 13.7. The maximum atomic E-state index is 13.3. The van der Waals surface area contributed by atoms with Gasteiger partial charge < -0.3 is 5.32 Å². The molecule has 0 aromatic heterocycles. The first kappa shape index (κ1) is 13.5. The maximum Gasteiger partial charge on any atom is 0.224 e. The number of halogens is 2. The molecule has 1 aromatic carbocycles. The van der Waals surface area contributed by atoms with Gasteiger partial charge in [-0.1, -0.05) is 25.7 Å². The molecule has 0 bridgehead atoms. The molecule has 1 aliphatic carbocycles. The molecule has 1 saturated carbocycles. The summed E-state index contributed by atoms with van der Waals surface area (Å²) in [6.45, 7) is 0. The highest BCUT2D eigenvalue weighted by molar-refractivity contribution is 9.10. The number of carbonyl (C=O) groups excluding carboxylic acids is 1. The Morgan fingerprint density at radius 2 is 2.11 bits per heavy atom. The normalized spacial score (nSPS) is 15.9. The third-order valence-electron chi connectivity index (χ3n) is 3.46. The average Bonchev–Trinajstić information content (AvgIpc) is 2.84. The summed E-state index contributed by atoms with van der Waals surface area (Å²) in [5, 5.41) is 2.73. The van der Waals surface area contributed by atoms with Crippen molar-refractivity contribution in [3.05, 3.63) is 28.5 Å². The first-order valence-corrected chi connectivity index (χ1v) is 7.19. The fourth-order valence-corrected chi connectivity index (χ4v) is 2.68. The standard InChI is InChI=1S/C14H17BrFNO/c15-12-7-6-11(9-13(12)16)17-14(18)8-5-10-3-1-2-4-10/h6-7,9-10H,1-5,8H2,(H,17,18). The van der Waals surface area contributed by atoms with Crippen molar-refractivity contribution in [2.24, 2.45) is 5.92 Å². The van der Waals surface area contributed by atoms with E-state index >= 15 is 0 Å². The Labute approximate surface area is 115 Å². The number of benzene rings is 1. The van der Waals surface area contributed by atoms with Crippen LogP contribution in [0.2, 0.25) is 0 Å². The highest BCUT2D eigenvalue weighted by Gasteiger charge is 2.16. The number of hydrogen-bond donors (Lipinski definition) is 1. The van der Waals surface area contributed by atoms with Gasteiger partial charge in [0.25, 0.3) is 0 Å². The van der Waals surface area contributed by atoms with E-state index in [-0.39, 0.29) is 11.7 Å². The molecule has 98 valence electrons. The van der Waals surface area contributed by atoms with Gasteiger partial charge in [0, 0.05) is 12.1 Å². The van der Waals surface area contributed by atoms with E-state index in [2.05, 4.69) is 21.2 Å². The summed E-state index contributed by atoms with van der Waals surface area (Å²) >= 11 is 3.08. The number of hydrogen-bond acceptors (Lipinski definition) is 1. The van der Waals surface area contributed by atoms with Crippen LogP contribution < -0.4 is 5.32 Å². The minimum atomic E-state index is -0.358. The zero-order valence-electron chi connectivity index (χ0n) is 10.2. The third-order valence-corrected chi connectivity index (χ3v) is 4.10. The molecule has 1 aromatic rings. The Morgan fingerprint density at radius 3 is 2.78 bits per heavy atom. The predicted octanol–water partition coefficient (Wildman–Crippen LogP) is 4.50. The number of anilines is 1. The van der Waals surface area contributed by atoms with Crippen LogP contribution in [-0.2, 0) is 4.79 Å². The lowest BCUT2D eigenvalue weighted by Gasteiger charge is -2.09. The van der Waals surface area contributed by atoms with Gasteiger partial charge in [-0.25, -0.2) is 4.39 Å². The van der Waals surface area contributed by atoms with E-state index in [1.165, 1.54) is 31.7 Å². The molecule has 1 fully saturated rings. The van der Waals surface area contributed by atoms with Gasteiger partial charge >= 0.3 is 0 Å². The molecule has 0 saturated heterocycles. The first-order valence-electron chi connectivity index (χ1n) is 6.40. The number of nitrogens with one attached hydrogen (secondary N) is 1. The first-order chi connectivity index (χ1) is 8.65. The van der Waals surface area contributed by atoms with E-state index in [1.807, 2.05) is 0 Å². The van der Waals surface area contributed by atoms with Crippen molar-refractivity contribution in [3.8, 4) is 0 Å². The molecular weight excluding hydrogens is 297 g/mol. The molecule has 0 radical (unpaired) electrons. The topological polar surface area (TPSA) is 29.1 Å². The third kappa shape index (κ3) is 3.80. The summed E-state index contributed by atoms with van der Waals surface area (Å²) in [6.07, 6.45) is 6.57. The monoisotopic (exact) mass is 313 g/mol. The largest absolute Gasteiger partial charge is 0.326 e. The maximum absolute atomic E-state index is 13.3. The molecule has 0 heterocycles. The minimum Gasteiger partial charge on any atom is -0.326 e. The van der Waals surface area contributed by atoms with Crippen molar-refractivity contribution < 1.29 is 9.18 Å². The minimum absolute atomic E-state index is 0.0244. The van der Waals surface area contributed by atoms with Gasteiger partial charge in [-0.15, -0.1) is 0 Å². The molecule has 0 unspecified atom stereocenters. The molecule has 1 amide bonds. The van der Waals surface area contributed by atoms with E-state index in [0.29, 0.717) is 22.5 Å². The van der Waals surface area contributed by atoms with Gasteiger partial charge in [-0.2, -0.15) is 0 Å². The Kier molecular flexibility index (Phi) is 4.75. The van der Waals surface area contributed by atoms with Crippen LogP contribution in [0, 0.1) is 11.7 Å². The zero-order valence-corrected chi connectivity index (χ0v) is 11.8. The fourth-order valence-electron chi connectivity index (χ4n) is 2.43. The predicted molar refractivity (Wildman–Crippen MR) is 73.9 cm³/mol. The van der Waals surface area contributed by atoms with Crippen LogP contribution in [0.3, 0.4) is 0 Å². The van der Waals surface area contributed by atoms with Crippen molar-refractivity contribution in [2.45, 2.75) is 38.5 Å². The molecule has 0 spiro atoms. The highest BCUT2D eigenvalue weighted by atomic mass is 79.9. The van der Waals surface area contributed by atoms with Crippen LogP contribution >= 0.6 is 15.9 Å². The van der Waals surface area contributed by atoms with Crippen LogP contribution in [0.4, 0.5) is 10.1 Å². The van der Waals surface area contributed by atoms with Gasteiger partial charge in [0.1, 0.15) is 5.82 Å². The summed E-state index contributed by atoms with van der Waals surface area (Å²) in [5.41, 5.74) is 0.520. The lowest BCUT2D eigenvalue weighted by atomic mass is 10.0. The fraction of sp³-hybridized carbons (Fsp3) is 0.500.